The molecule has 0 unspecified atom stereocenters. The summed E-state index contributed by atoms with van der Waals surface area (Å²) < 4.78 is 0. The number of hydrogen-bond acceptors (Lipinski definition) is 2. The molecule has 0 radical (unpaired) electrons. The molecular formula is C35H52O3. The first kappa shape index (κ1) is 27.9. The normalized spacial score (nSPS) is 49.6. The molecule has 10 atom stereocenters. The Labute approximate surface area is 231 Å². The standard InChI is InChI=1S/C35H52O3/c1-10-11-22(4)25-20-28(36)34(9)26(31(25,5)6)15-16-33(8)27(34)13-12-24-29-23(21(2)3)14-17-35(29,30(37)38)19-18-32(24,33)7/h10-11,20,23-24,26-29,36H,1-2,12-19H2,3-9H3,(H,37,38)/b22-11+/t23-,24+,26-,27-,28-,29+,32+,33+,34-,35-/m0/s1. The molecule has 3 heteroatoms. The fourth-order valence-corrected chi connectivity index (χ4v) is 12.0. The van der Waals surface area contributed by atoms with Crippen LogP contribution < -0.4 is 0 Å². The molecule has 5 aliphatic rings. The minimum atomic E-state index is -0.586. The van der Waals surface area contributed by atoms with Crippen molar-refractivity contribution in [1.82, 2.24) is 0 Å². The Balaban J connectivity index is 1.59. The number of hydrogen-bond donors (Lipinski definition) is 2. The number of carbonyl (C=O) groups is 1. The lowest BCUT2D eigenvalue weighted by Crippen LogP contribution is -2.68. The van der Waals surface area contributed by atoms with E-state index in [-0.39, 0.29) is 27.6 Å². The van der Waals surface area contributed by atoms with Crippen molar-refractivity contribution in [3.8, 4) is 0 Å². The summed E-state index contributed by atoms with van der Waals surface area (Å²) in [6.07, 6.45) is 13.6. The smallest absolute Gasteiger partial charge is 0.309 e. The average molecular weight is 521 g/mol. The zero-order valence-electron chi connectivity index (χ0n) is 25.1. The Kier molecular flexibility index (Phi) is 6.39. The maximum Gasteiger partial charge on any atom is 0.309 e. The van der Waals surface area contributed by atoms with Gasteiger partial charge in [0, 0.05) is 5.41 Å². The number of aliphatic hydroxyl groups excluding tert-OH is 1. The van der Waals surface area contributed by atoms with Gasteiger partial charge in [-0.3, -0.25) is 4.79 Å². The topological polar surface area (TPSA) is 57.5 Å². The fourth-order valence-electron chi connectivity index (χ4n) is 12.0. The second-order valence-electron chi connectivity index (χ2n) is 15.3. The first-order valence-electron chi connectivity index (χ1n) is 15.2. The number of carboxylic acid groups (broad SMARTS) is 1. The van der Waals surface area contributed by atoms with Crippen molar-refractivity contribution in [1.29, 1.82) is 0 Å². The lowest BCUT2D eigenvalue weighted by molar-refractivity contribution is -0.244. The molecule has 0 aromatic carbocycles. The molecular weight excluding hydrogens is 468 g/mol. The minimum Gasteiger partial charge on any atom is -0.481 e. The van der Waals surface area contributed by atoms with E-state index in [1.165, 1.54) is 16.7 Å². The predicted molar refractivity (Wildman–Crippen MR) is 155 cm³/mol. The van der Waals surface area contributed by atoms with Crippen molar-refractivity contribution in [2.75, 3.05) is 0 Å². The SMILES string of the molecule is C=C/C=C(\C)C1=C[C@H](O)[C@]2(C)[C@H]3CC[C@@H]4[C@H]5[C@H](C(=C)C)CC[C@]5(C(=O)O)CC[C@@]4(C)[C@]3(C)CC[C@H]2C1(C)C. The molecule has 0 aliphatic heterocycles. The molecule has 210 valence electrons. The molecule has 5 rings (SSSR count). The van der Waals surface area contributed by atoms with Gasteiger partial charge in [0.2, 0.25) is 0 Å². The Morgan fingerprint density at radius 3 is 2.24 bits per heavy atom. The molecule has 0 heterocycles. The van der Waals surface area contributed by atoms with Gasteiger partial charge in [-0.05, 0) is 122 Å². The molecule has 4 saturated carbocycles. The van der Waals surface area contributed by atoms with Crippen molar-refractivity contribution in [3.05, 3.63) is 48.1 Å². The van der Waals surface area contributed by atoms with Crippen LogP contribution >= 0.6 is 0 Å². The summed E-state index contributed by atoms with van der Waals surface area (Å²) >= 11 is 0. The lowest BCUT2D eigenvalue weighted by Gasteiger charge is -2.72. The van der Waals surface area contributed by atoms with Crippen molar-refractivity contribution in [3.63, 3.8) is 0 Å². The van der Waals surface area contributed by atoms with E-state index in [9.17, 15) is 15.0 Å². The molecule has 3 nitrogen and oxygen atoms in total. The van der Waals surface area contributed by atoms with E-state index in [0.717, 1.165) is 51.4 Å². The zero-order valence-corrected chi connectivity index (χ0v) is 25.1. The van der Waals surface area contributed by atoms with Crippen LogP contribution in [0.3, 0.4) is 0 Å². The molecule has 0 spiro atoms. The second kappa shape index (κ2) is 8.69. The van der Waals surface area contributed by atoms with Gasteiger partial charge >= 0.3 is 5.97 Å². The summed E-state index contributed by atoms with van der Waals surface area (Å²) in [5, 5.41) is 22.6. The number of carboxylic acids is 1. The molecule has 0 saturated heterocycles. The molecule has 2 N–H and O–H groups in total. The summed E-state index contributed by atoms with van der Waals surface area (Å²) in [6, 6.07) is 0. The first-order chi connectivity index (χ1) is 17.6. The molecule has 5 aliphatic carbocycles. The van der Waals surface area contributed by atoms with Gasteiger partial charge in [-0.1, -0.05) is 71.6 Å². The van der Waals surface area contributed by atoms with E-state index in [4.69, 9.17) is 0 Å². The van der Waals surface area contributed by atoms with Gasteiger partial charge in [0.1, 0.15) is 0 Å². The molecule has 0 amide bonds. The molecule has 0 aromatic rings. The summed E-state index contributed by atoms with van der Waals surface area (Å²) in [4.78, 5) is 12.9. The van der Waals surface area contributed by atoms with Crippen LogP contribution in [0.5, 0.6) is 0 Å². The lowest BCUT2D eigenvalue weighted by atomic mass is 9.32. The number of aliphatic carboxylic acids is 1. The van der Waals surface area contributed by atoms with Crippen LogP contribution in [0.4, 0.5) is 0 Å². The molecule has 0 bridgehead atoms. The molecule has 0 aromatic heterocycles. The van der Waals surface area contributed by atoms with Crippen LogP contribution in [0, 0.1) is 56.7 Å². The number of fused-ring (bicyclic) bond motifs is 7. The van der Waals surface area contributed by atoms with Gasteiger partial charge in [-0.2, -0.15) is 0 Å². The van der Waals surface area contributed by atoms with Crippen molar-refractivity contribution < 1.29 is 15.0 Å². The van der Waals surface area contributed by atoms with Gasteiger partial charge in [-0.15, -0.1) is 0 Å². The predicted octanol–water partition coefficient (Wildman–Crippen LogP) is 8.37. The Hall–Kier alpha value is -1.61. The highest BCUT2D eigenvalue weighted by atomic mass is 16.4. The number of aliphatic hydroxyl groups is 1. The molecule has 38 heavy (non-hydrogen) atoms. The van der Waals surface area contributed by atoms with Crippen molar-refractivity contribution >= 4 is 5.97 Å². The average Bonchev–Trinajstić information content (AvgIpc) is 3.23. The van der Waals surface area contributed by atoms with Crippen LogP contribution in [0.2, 0.25) is 0 Å². The zero-order chi connectivity index (χ0) is 28.1. The van der Waals surface area contributed by atoms with E-state index < -0.39 is 17.5 Å². The van der Waals surface area contributed by atoms with Gasteiger partial charge in [0.25, 0.3) is 0 Å². The van der Waals surface area contributed by atoms with Gasteiger partial charge < -0.3 is 10.2 Å². The maximum atomic E-state index is 12.9. The third-order valence-electron chi connectivity index (χ3n) is 14.0. The van der Waals surface area contributed by atoms with E-state index in [1.807, 2.05) is 6.08 Å². The van der Waals surface area contributed by atoms with Crippen molar-refractivity contribution in [2.24, 2.45) is 56.7 Å². The van der Waals surface area contributed by atoms with Gasteiger partial charge in [0.15, 0.2) is 0 Å². The van der Waals surface area contributed by atoms with Crippen LogP contribution in [-0.2, 0) is 4.79 Å². The molecule has 4 fully saturated rings. The van der Waals surface area contributed by atoms with Gasteiger partial charge in [-0.25, -0.2) is 0 Å². The van der Waals surface area contributed by atoms with Crippen LogP contribution in [-0.4, -0.2) is 22.3 Å². The van der Waals surface area contributed by atoms with E-state index >= 15 is 0 Å². The first-order valence-corrected chi connectivity index (χ1v) is 15.2. The summed E-state index contributed by atoms with van der Waals surface area (Å²) in [7, 11) is 0. The fraction of sp³-hybridized carbons (Fsp3) is 0.743. The summed E-state index contributed by atoms with van der Waals surface area (Å²) in [5.41, 5.74) is 2.98. The second-order valence-corrected chi connectivity index (χ2v) is 15.3. The van der Waals surface area contributed by atoms with E-state index in [2.05, 4.69) is 73.8 Å². The largest absolute Gasteiger partial charge is 0.481 e. The number of allylic oxidation sites excluding steroid dienone is 5. The quantitative estimate of drug-likeness (QED) is 0.289. The van der Waals surface area contributed by atoms with Crippen LogP contribution in [0.25, 0.3) is 0 Å². The Morgan fingerprint density at radius 2 is 1.63 bits per heavy atom. The van der Waals surface area contributed by atoms with E-state index in [0.29, 0.717) is 23.7 Å². The Morgan fingerprint density at radius 1 is 0.947 bits per heavy atom. The monoisotopic (exact) mass is 520 g/mol. The minimum absolute atomic E-state index is 0.0296. The third kappa shape index (κ3) is 3.26. The van der Waals surface area contributed by atoms with Crippen LogP contribution in [0.1, 0.15) is 99.8 Å². The van der Waals surface area contributed by atoms with Crippen LogP contribution in [0.15, 0.2) is 48.1 Å². The maximum absolute atomic E-state index is 12.9. The highest BCUT2D eigenvalue weighted by Gasteiger charge is 2.72. The van der Waals surface area contributed by atoms with E-state index in [1.54, 1.807) is 0 Å². The highest BCUT2D eigenvalue weighted by molar-refractivity contribution is 5.76. The van der Waals surface area contributed by atoms with Gasteiger partial charge in [0.05, 0.1) is 11.5 Å². The summed E-state index contributed by atoms with van der Waals surface area (Å²) in [5.74, 6) is 1.13. The number of rotatable bonds is 4. The highest BCUT2D eigenvalue weighted by Crippen LogP contribution is 2.77. The third-order valence-corrected chi connectivity index (χ3v) is 14.0. The van der Waals surface area contributed by atoms with Crippen molar-refractivity contribution in [2.45, 2.75) is 106 Å². The summed E-state index contributed by atoms with van der Waals surface area (Å²) in [6.45, 7) is 24.8. The Bertz CT molecular complexity index is 1110.